The van der Waals surface area contributed by atoms with Gasteiger partial charge in [0.1, 0.15) is 0 Å². The maximum absolute atomic E-state index is 10.7. The van der Waals surface area contributed by atoms with Crippen LogP contribution >= 0.6 is 0 Å². The molecule has 15 heavy (non-hydrogen) atoms. The van der Waals surface area contributed by atoms with Crippen molar-refractivity contribution < 1.29 is 14.3 Å². The van der Waals surface area contributed by atoms with Gasteiger partial charge in [0.2, 0.25) is 5.91 Å². The first-order valence-electron chi connectivity index (χ1n) is 5.37. The van der Waals surface area contributed by atoms with Gasteiger partial charge in [-0.25, -0.2) is 0 Å². The molecule has 4 heteroatoms. The molecule has 0 aromatic carbocycles. The van der Waals surface area contributed by atoms with Crippen LogP contribution < -0.4 is 5.32 Å². The van der Waals surface area contributed by atoms with Gasteiger partial charge in [-0.15, -0.1) is 0 Å². The summed E-state index contributed by atoms with van der Waals surface area (Å²) in [7, 11) is 0. The second-order valence-corrected chi connectivity index (χ2v) is 3.07. The molecule has 1 N–H and O–H groups in total. The minimum atomic E-state index is -0.169. The van der Waals surface area contributed by atoms with E-state index in [4.69, 9.17) is 9.47 Å². The van der Waals surface area contributed by atoms with Gasteiger partial charge in [-0.05, 0) is 12.5 Å². The van der Waals surface area contributed by atoms with Crippen molar-refractivity contribution >= 4 is 5.91 Å². The highest BCUT2D eigenvalue weighted by Crippen LogP contribution is 1.87. The van der Waals surface area contributed by atoms with E-state index in [1.165, 1.54) is 6.08 Å². The molecule has 0 aliphatic heterocycles. The van der Waals surface area contributed by atoms with Crippen LogP contribution in [0.4, 0.5) is 0 Å². The van der Waals surface area contributed by atoms with Crippen LogP contribution in [0.1, 0.15) is 19.8 Å². The fourth-order valence-corrected chi connectivity index (χ4v) is 0.887. The fourth-order valence-electron chi connectivity index (χ4n) is 0.887. The molecule has 0 saturated heterocycles. The molecular formula is C11H21NO3. The Morgan fingerprint density at radius 2 is 1.93 bits per heavy atom. The molecule has 0 aromatic rings. The van der Waals surface area contributed by atoms with Gasteiger partial charge in [-0.3, -0.25) is 4.79 Å². The summed E-state index contributed by atoms with van der Waals surface area (Å²) >= 11 is 0. The topological polar surface area (TPSA) is 47.6 Å². The summed E-state index contributed by atoms with van der Waals surface area (Å²) in [6, 6.07) is 0. The van der Waals surface area contributed by atoms with E-state index in [2.05, 4.69) is 18.8 Å². The van der Waals surface area contributed by atoms with E-state index in [0.717, 1.165) is 19.4 Å². The molecule has 0 rings (SSSR count). The van der Waals surface area contributed by atoms with Crippen LogP contribution in [-0.4, -0.2) is 38.9 Å². The summed E-state index contributed by atoms with van der Waals surface area (Å²) in [5.74, 6) is -0.169. The third-order valence-corrected chi connectivity index (χ3v) is 1.75. The number of carbonyl (C=O) groups excluding carboxylic acids is 1. The highest BCUT2D eigenvalue weighted by atomic mass is 16.5. The van der Waals surface area contributed by atoms with Gasteiger partial charge < -0.3 is 14.8 Å². The smallest absolute Gasteiger partial charge is 0.243 e. The number of hydrogen-bond donors (Lipinski definition) is 1. The van der Waals surface area contributed by atoms with Crippen molar-refractivity contribution in [1.82, 2.24) is 5.32 Å². The Kier molecular flexibility index (Phi) is 10.6. The standard InChI is InChI=1S/C11H21NO3/c1-3-5-7-14-9-10-15-8-6-12-11(13)4-2/h4H,2-3,5-10H2,1H3,(H,12,13). The Balaban J connectivity index is 2.98. The normalized spacial score (nSPS) is 9.93. The lowest BCUT2D eigenvalue weighted by atomic mass is 10.4. The number of carbonyl (C=O) groups is 1. The quantitative estimate of drug-likeness (QED) is 0.439. The van der Waals surface area contributed by atoms with Gasteiger partial charge in [0.15, 0.2) is 0 Å². The summed E-state index contributed by atoms with van der Waals surface area (Å²) in [6.45, 7) is 8.49. The van der Waals surface area contributed by atoms with E-state index in [0.29, 0.717) is 26.4 Å². The molecule has 1 amide bonds. The van der Waals surface area contributed by atoms with E-state index in [-0.39, 0.29) is 5.91 Å². The van der Waals surface area contributed by atoms with Crippen molar-refractivity contribution in [2.24, 2.45) is 0 Å². The third-order valence-electron chi connectivity index (χ3n) is 1.75. The lowest BCUT2D eigenvalue weighted by Crippen LogP contribution is -2.25. The minimum absolute atomic E-state index is 0.169. The predicted molar refractivity (Wildman–Crippen MR) is 59.8 cm³/mol. The van der Waals surface area contributed by atoms with Crippen LogP contribution in [0.15, 0.2) is 12.7 Å². The first-order valence-corrected chi connectivity index (χ1v) is 5.37. The molecule has 0 aliphatic rings. The molecular weight excluding hydrogens is 194 g/mol. The van der Waals surface area contributed by atoms with Gasteiger partial charge in [0, 0.05) is 13.2 Å². The second kappa shape index (κ2) is 11.2. The highest BCUT2D eigenvalue weighted by molar-refractivity contribution is 5.86. The van der Waals surface area contributed by atoms with Gasteiger partial charge in [-0.2, -0.15) is 0 Å². The average molecular weight is 215 g/mol. The largest absolute Gasteiger partial charge is 0.379 e. The van der Waals surface area contributed by atoms with Gasteiger partial charge >= 0.3 is 0 Å². The van der Waals surface area contributed by atoms with E-state index < -0.39 is 0 Å². The summed E-state index contributed by atoms with van der Waals surface area (Å²) in [5, 5.41) is 2.62. The Hall–Kier alpha value is -0.870. The summed E-state index contributed by atoms with van der Waals surface area (Å²) < 4.78 is 10.5. The van der Waals surface area contributed by atoms with Crippen LogP contribution in [0, 0.1) is 0 Å². The average Bonchev–Trinajstić information content (AvgIpc) is 2.26. The van der Waals surface area contributed by atoms with Gasteiger partial charge in [-0.1, -0.05) is 19.9 Å². The van der Waals surface area contributed by atoms with Gasteiger partial charge in [0.25, 0.3) is 0 Å². The van der Waals surface area contributed by atoms with Gasteiger partial charge in [0.05, 0.1) is 19.8 Å². The number of ether oxygens (including phenoxy) is 2. The van der Waals surface area contributed by atoms with E-state index in [9.17, 15) is 4.79 Å². The zero-order chi connectivity index (χ0) is 11.4. The Morgan fingerprint density at radius 1 is 1.27 bits per heavy atom. The lowest BCUT2D eigenvalue weighted by molar-refractivity contribution is -0.116. The first-order chi connectivity index (χ1) is 7.31. The number of hydrogen-bond acceptors (Lipinski definition) is 3. The Labute approximate surface area is 91.6 Å². The number of nitrogens with one attached hydrogen (secondary N) is 1. The molecule has 4 nitrogen and oxygen atoms in total. The van der Waals surface area contributed by atoms with Crippen LogP contribution in [0.25, 0.3) is 0 Å². The molecule has 0 unspecified atom stereocenters. The van der Waals surface area contributed by atoms with Crippen molar-refractivity contribution in [2.45, 2.75) is 19.8 Å². The molecule has 0 fully saturated rings. The Bertz CT molecular complexity index is 171. The SMILES string of the molecule is C=CC(=O)NCCOCCOCCCC. The zero-order valence-corrected chi connectivity index (χ0v) is 9.46. The van der Waals surface area contributed by atoms with Crippen LogP contribution in [0.5, 0.6) is 0 Å². The first kappa shape index (κ1) is 14.1. The number of rotatable bonds is 10. The molecule has 0 atom stereocenters. The van der Waals surface area contributed by atoms with Crippen molar-refractivity contribution in [3.8, 4) is 0 Å². The fraction of sp³-hybridized carbons (Fsp3) is 0.727. The summed E-state index contributed by atoms with van der Waals surface area (Å²) in [5.41, 5.74) is 0. The van der Waals surface area contributed by atoms with E-state index in [1.54, 1.807) is 0 Å². The maximum atomic E-state index is 10.7. The molecule has 88 valence electrons. The second-order valence-electron chi connectivity index (χ2n) is 3.07. The number of unbranched alkanes of at least 4 members (excludes halogenated alkanes) is 1. The highest BCUT2D eigenvalue weighted by Gasteiger charge is 1.93. The third kappa shape index (κ3) is 11.1. The van der Waals surface area contributed by atoms with Crippen molar-refractivity contribution in [1.29, 1.82) is 0 Å². The van der Waals surface area contributed by atoms with Crippen LogP contribution in [-0.2, 0) is 14.3 Å². The molecule has 0 radical (unpaired) electrons. The summed E-state index contributed by atoms with van der Waals surface area (Å²) in [6.07, 6.45) is 3.48. The summed E-state index contributed by atoms with van der Waals surface area (Å²) in [4.78, 5) is 10.7. The molecule has 0 bridgehead atoms. The maximum Gasteiger partial charge on any atom is 0.243 e. The molecule has 0 spiro atoms. The van der Waals surface area contributed by atoms with E-state index >= 15 is 0 Å². The van der Waals surface area contributed by atoms with Crippen molar-refractivity contribution in [2.75, 3.05) is 33.0 Å². The Morgan fingerprint density at radius 3 is 2.53 bits per heavy atom. The minimum Gasteiger partial charge on any atom is -0.379 e. The predicted octanol–water partition coefficient (Wildman–Crippen LogP) is 1.12. The van der Waals surface area contributed by atoms with Crippen LogP contribution in [0.2, 0.25) is 0 Å². The van der Waals surface area contributed by atoms with Crippen LogP contribution in [0.3, 0.4) is 0 Å². The molecule has 0 aromatic heterocycles. The van der Waals surface area contributed by atoms with Crippen molar-refractivity contribution in [3.63, 3.8) is 0 Å². The monoisotopic (exact) mass is 215 g/mol. The zero-order valence-electron chi connectivity index (χ0n) is 9.46. The lowest BCUT2D eigenvalue weighted by Gasteiger charge is -2.05. The van der Waals surface area contributed by atoms with E-state index in [1.807, 2.05) is 0 Å². The molecule has 0 saturated carbocycles. The van der Waals surface area contributed by atoms with Crippen molar-refractivity contribution in [3.05, 3.63) is 12.7 Å². The number of amides is 1. The molecule has 0 aliphatic carbocycles. The molecule has 0 heterocycles.